The predicted octanol–water partition coefficient (Wildman–Crippen LogP) is 2.99. The molecule has 2 saturated heterocycles. The van der Waals surface area contributed by atoms with E-state index in [1.54, 1.807) is 18.3 Å². The highest BCUT2D eigenvalue weighted by Crippen LogP contribution is 2.30. The summed E-state index contributed by atoms with van der Waals surface area (Å²) in [4.78, 5) is 32.7. The largest absolute Gasteiger partial charge is 0.316 e. The molecule has 2 unspecified atom stereocenters. The molecule has 5 nitrogen and oxygen atoms in total. The number of piperidine rings is 1. The lowest BCUT2D eigenvalue weighted by atomic mass is 9.84. The van der Waals surface area contributed by atoms with Crippen LogP contribution in [0.5, 0.6) is 0 Å². The van der Waals surface area contributed by atoms with Crippen LogP contribution in [0.15, 0.2) is 47.5 Å². The fraction of sp³-hybridized carbons (Fsp3) is 0.333. The van der Waals surface area contributed by atoms with E-state index in [4.69, 9.17) is 0 Å². The minimum Gasteiger partial charge on any atom is -0.316 e. The lowest BCUT2D eigenvalue weighted by Gasteiger charge is -2.30. The summed E-state index contributed by atoms with van der Waals surface area (Å²) in [5.74, 6) is 1.64. The number of hydrogen-bond acceptors (Lipinski definition) is 6. The molecule has 3 heterocycles. The van der Waals surface area contributed by atoms with Gasteiger partial charge in [-0.15, -0.1) is 0 Å². The summed E-state index contributed by atoms with van der Waals surface area (Å²) in [5.41, 5.74) is 2.06. The van der Waals surface area contributed by atoms with Gasteiger partial charge in [0.25, 0.3) is 0 Å². The molecule has 0 bridgehead atoms. The first-order chi connectivity index (χ1) is 13.2. The van der Waals surface area contributed by atoms with Crippen LogP contribution in [0, 0.1) is 5.92 Å². The average molecular weight is 379 g/mol. The Kier molecular flexibility index (Phi) is 5.45. The van der Waals surface area contributed by atoms with Gasteiger partial charge in [0.05, 0.1) is 17.0 Å². The van der Waals surface area contributed by atoms with Gasteiger partial charge < -0.3 is 5.32 Å². The number of thioether (sulfide) groups is 1. The normalized spacial score (nSPS) is 24.5. The molecule has 0 aliphatic carbocycles. The molecule has 6 heteroatoms. The maximum atomic E-state index is 11.8. The second-order valence-electron chi connectivity index (χ2n) is 7.05. The molecule has 0 radical (unpaired) electrons. The molecule has 0 spiro atoms. The van der Waals surface area contributed by atoms with Crippen molar-refractivity contribution < 1.29 is 9.59 Å². The first-order valence-electron chi connectivity index (χ1n) is 9.20. The van der Waals surface area contributed by atoms with E-state index in [-0.39, 0.29) is 17.3 Å². The number of allylic oxidation sites excluding steroid dienone is 1. The molecule has 2 aliphatic rings. The van der Waals surface area contributed by atoms with Gasteiger partial charge in [-0.2, -0.15) is 0 Å². The molecular weight excluding hydrogens is 358 g/mol. The second-order valence-corrected chi connectivity index (χ2v) is 8.15. The summed E-state index contributed by atoms with van der Waals surface area (Å²) in [5, 5.41) is 3.44. The van der Waals surface area contributed by atoms with Gasteiger partial charge in [-0.3, -0.25) is 9.59 Å². The van der Waals surface area contributed by atoms with E-state index in [1.807, 2.05) is 6.07 Å². The second kappa shape index (κ2) is 8.15. The van der Waals surface area contributed by atoms with E-state index in [2.05, 4.69) is 39.6 Å². The van der Waals surface area contributed by atoms with Crippen LogP contribution in [0.2, 0.25) is 0 Å². The van der Waals surface area contributed by atoms with Crippen molar-refractivity contribution in [2.75, 3.05) is 13.1 Å². The van der Waals surface area contributed by atoms with Crippen molar-refractivity contribution in [2.24, 2.45) is 5.92 Å². The molecule has 27 heavy (non-hydrogen) atoms. The van der Waals surface area contributed by atoms with Gasteiger partial charge in [-0.25, -0.2) is 9.97 Å². The average Bonchev–Trinajstić information content (AvgIpc) is 3.00. The SMILES string of the molecule is O=C1CC(=O)/C(=C/c2ccnc(CC3CNCC(c4ccccc4)C3)n2)S1. The topological polar surface area (TPSA) is 72.0 Å². The van der Waals surface area contributed by atoms with Crippen LogP contribution >= 0.6 is 11.8 Å². The summed E-state index contributed by atoms with van der Waals surface area (Å²) in [7, 11) is 0. The Balaban J connectivity index is 1.44. The van der Waals surface area contributed by atoms with Crippen LogP contribution in [-0.2, 0) is 16.0 Å². The van der Waals surface area contributed by atoms with Gasteiger partial charge in [0.2, 0.25) is 5.12 Å². The third-order valence-electron chi connectivity index (χ3n) is 4.99. The molecule has 1 aromatic heterocycles. The maximum absolute atomic E-state index is 11.8. The van der Waals surface area contributed by atoms with Crippen LogP contribution < -0.4 is 5.32 Å². The number of Topliss-reactive ketones (excluding diaryl/α,β-unsaturated/α-hetero) is 1. The minimum atomic E-state index is -0.118. The number of carbonyl (C=O) groups excluding carboxylic acids is 2. The highest BCUT2D eigenvalue weighted by molar-refractivity contribution is 8.18. The highest BCUT2D eigenvalue weighted by Gasteiger charge is 2.26. The van der Waals surface area contributed by atoms with Crippen molar-refractivity contribution in [3.8, 4) is 0 Å². The number of benzene rings is 1. The summed E-state index contributed by atoms with van der Waals surface area (Å²) >= 11 is 1.01. The molecule has 1 N–H and O–H groups in total. The Morgan fingerprint density at radius 3 is 2.78 bits per heavy atom. The molecule has 2 aliphatic heterocycles. The Morgan fingerprint density at radius 1 is 1.15 bits per heavy atom. The van der Waals surface area contributed by atoms with Gasteiger partial charge in [0, 0.05) is 19.2 Å². The smallest absolute Gasteiger partial charge is 0.201 e. The number of rotatable bonds is 4. The number of nitrogens with one attached hydrogen (secondary N) is 1. The molecule has 2 fully saturated rings. The molecule has 0 amide bonds. The maximum Gasteiger partial charge on any atom is 0.201 e. The molecule has 2 aromatic rings. The van der Waals surface area contributed by atoms with Crippen LogP contribution in [0.4, 0.5) is 0 Å². The Morgan fingerprint density at radius 2 is 2.00 bits per heavy atom. The first kappa shape index (κ1) is 18.1. The van der Waals surface area contributed by atoms with Gasteiger partial charge in [0.15, 0.2) is 5.78 Å². The van der Waals surface area contributed by atoms with Gasteiger partial charge >= 0.3 is 0 Å². The Bertz CT molecular complexity index is 882. The summed E-state index contributed by atoms with van der Waals surface area (Å²) in [6, 6.07) is 12.4. The number of ketones is 1. The lowest BCUT2D eigenvalue weighted by Crippen LogP contribution is -2.36. The van der Waals surface area contributed by atoms with Gasteiger partial charge in [-0.1, -0.05) is 30.3 Å². The van der Waals surface area contributed by atoms with Crippen molar-refractivity contribution in [1.29, 1.82) is 0 Å². The molecule has 0 saturated carbocycles. The van der Waals surface area contributed by atoms with Gasteiger partial charge in [0.1, 0.15) is 5.82 Å². The fourth-order valence-corrected chi connectivity index (χ4v) is 4.51. The number of carbonyl (C=O) groups is 2. The van der Waals surface area contributed by atoms with E-state index < -0.39 is 0 Å². The van der Waals surface area contributed by atoms with Crippen LogP contribution in [0.25, 0.3) is 6.08 Å². The van der Waals surface area contributed by atoms with Crippen LogP contribution in [-0.4, -0.2) is 34.0 Å². The summed E-state index contributed by atoms with van der Waals surface area (Å²) < 4.78 is 0. The molecular formula is C21H21N3O2S. The van der Waals surface area contributed by atoms with E-state index >= 15 is 0 Å². The predicted molar refractivity (Wildman–Crippen MR) is 106 cm³/mol. The molecule has 138 valence electrons. The van der Waals surface area contributed by atoms with Crippen molar-refractivity contribution in [3.05, 3.63) is 64.6 Å². The van der Waals surface area contributed by atoms with Crippen molar-refractivity contribution in [3.63, 3.8) is 0 Å². The fourth-order valence-electron chi connectivity index (χ4n) is 3.70. The summed E-state index contributed by atoms with van der Waals surface area (Å²) in [6.45, 7) is 1.96. The van der Waals surface area contributed by atoms with Crippen LogP contribution in [0.3, 0.4) is 0 Å². The van der Waals surface area contributed by atoms with Crippen molar-refractivity contribution in [1.82, 2.24) is 15.3 Å². The third kappa shape index (κ3) is 4.51. The summed E-state index contributed by atoms with van der Waals surface area (Å²) in [6.07, 6.45) is 5.32. The number of aromatic nitrogens is 2. The zero-order chi connectivity index (χ0) is 18.6. The molecule has 4 rings (SSSR count). The van der Waals surface area contributed by atoms with Crippen molar-refractivity contribution >= 4 is 28.7 Å². The van der Waals surface area contributed by atoms with E-state index in [0.29, 0.717) is 22.4 Å². The highest BCUT2D eigenvalue weighted by atomic mass is 32.2. The van der Waals surface area contributed by atoms with Crippen LogP contribution in [0.1, 0.15) is 35.8 Å². The zero-order valence-electron chi connectivity index (χ0n) is 14.9. The monoisotopic (exact) mass is 379 g/mol. The number of hydrogen-bond donors (Lipinski definition) is 1. The minimum absolute atomic E-state index is 0.0109. The standard InChI is InChI=1S/C21H21N3O2S/c25-18-11-21(26)27-19(18)10-17-6-7-23-20(24-17)9-14-8-16(13-22-12-14)15-4-2-1-3-5-15/h1-7,10,14,16,22H,8-9,11-13H2/b19-10-. The first-order valence-corrected chi connectivity index (χ1v) is 10.0. The zero-order valence-corrected chi connectivity index (χ0v) is 15.7. The quantitative estimate of drug-likeness (QED) is 0.650. The Labute approximate surface area is 162 Å². The molecule has 2 atom stereocenters. The van der Waals surface area contributed by atoms with Crippen molar-refractivity contribution in [2.45, 2.75) is 25.2 Å². The Hall–Kier alpha value is -2.31. The molecule has 1 aromatic carbocycles. The van der Waals surface area contributed by atoms with E-state index in [9.17, 15) is 9.59 Å². The van der Waals surface area contributed by atoms with E-state index in [0.717, 1.165) is 43.5 Å². The number of nitrogens with zero attached hydrogens (tertiary/aromatic N) is 2. The lowest BCUT2D eigenvalue weighted by molar-refractivity contribution is -0.119. The van der Waals surface area contributed by atoms with Gasteiger partial charge in [-0.05, 0) is 54.3 Å². The third-order valence-corrected chi connectivity index (χ3v) is 5.93. The van der Waals surface area contributed by atoms with E-state index in [1.165, 1.54) is 5.56 Å².